The Morgan fingerprint density at radius 3 is 3.18 bits per heavy atom. The molecule has 4 rings (SSSR count). The molecule has 6 heteroatoms. The van der Waals surface area contributed by atoms with Gasteiger partial charge in [-0.25, -0.2) is 0 Å². The third kappa shape index (κ3) is 2.33. The van der Waals surface area contributed by atoms with Crippen molar-refractivity contribution in [3.63, 3.8) is 0 Å². The molecule has 0 amide bonds. The summed E-state index contributed by atoms with van der Waals surface area (Å²) in [7, 11) is 0. The average Bonchev–Trinajstić information content (AvgIpc) is 3.19. The van der Waals surface area contributed by atoms with Crippen LogP contribution in [0.25, 0.3) is 0 Å². The summed E-state index contributed by atoms with van der Waals surface area (Å²) in [6.07, 6.45) is 3.46. The maximum Gasteiger partial charge on any atom is 0.231 e. The Kier molecular flexibility index (Phi) is 3.46. The Balaban J connectivity index is 1.48. The standard InChI is InChI=1S/C16H20N4O2/c1-11(16-19-18-14-7-2-3-8-20(14)16)17-9-12-5-4-6-13-15(12)22-10-21-13/h4-6,11,17H,2-3,7-10H2,1H3/t11-/m1/s1. The van der Waals surface area contributed by atoms with Gasteiger partial charge in [-0.15, -0.1) is 10.2 Å². The van der Waals surface area contributed by atoms with Crippen LogP contribution in [0.4, 0.5) is 0 Å². The van der Waals surface area contributed by atoms with Crippen molar-refractivity contribution < 1.29 is 9.47 Å². The molecular weight excluding hydrogens is 280 g/mol. The minimum absolute atomic E-state index is 0.150. The number of hydrogen-bond donors (Lipinski definition) is 1. The fourth-order valence-corrected chi connectivity index (χ4v) is 3.14. The maximum absolute atomic E-state index is 5.55. The number of ether oxygens (including phenoxy) is 2. The van der Waals surface area contributed by atoms with Crippen LogP contribution in [0.5, 0.6) is 11.5 Å². The van der Waals surface area contributed by atoms with Crippen molar-refractivity contribution in [3.05, 3.63) is 35.4 Å². The molecular formula is C16H20N4O2. The summed E-state index contributed by atoms with van der Waals surface area (Å²) in [5.41, 5.74) is 1.11. The number of aryl methyl sites for hydroxylation is 1. The Labute approximate surface area is 129 Å². The van der Waals surface area contributed by atoms with Crippen LogP contribution in [-0.2, 0) is 19.5 Å². The van der Waals surface area contributed by atoms with Crippen LogP contribution in [-0.4, -0.2) is 21.6 Å². The van der Waals surface area contributed by atoms with E-state index < -0.39 is 0 Å². The summed E-state index contributed by atoms with van der Waals surface area (Å²) in [5, 5.41) is 12.2. The van der Waals surface area contributed by atoms with Crippen molar-refractivity contribution in [1.82, 2.24) is 20.1 Å². The first-order valence-corrected chi connectivity index (χ1v) is 7.86. The Morgan fingerprint density at radius 1 is 1.27 bits per heavy atom. The normalized spacial score (nSPS) is 17.3. The van der Waals surface area contributed by atoms with Gasteiger partial charge in [-0.3, -0.25) is 0 Å². The van der Waals surface area contributed by atoms with Gasteiger partial charge in [-0.1, -0.05) is 12.1 Å². The summed E-state index contributed by atoms with van der Waals surface area (Å²) < 4.78 is 13.2. The summed E-state index contributed by atoms with van der Waals surface area (Å²) in [4.78, 5) is 0. The van der Waals surface area contributed by atoms with Crippen molar-refractivity contribution in [1.29, 1.82) is 0 Å². The summed E-state index contributed by atoms with van der Waals surface area (Å²) in [6.45, 7) is 4.18. The van der Waals surface area contributed by atoms with Crippen molar-refractivity contribution in [3.8, 4) is 11.5 Å². The van der Waals surface area contributed by atoms with Gasteiger partial charge >= 0.3 is 0 Å². The Bertz CT molecular complexity index is 683. The van der Waals surface area contributed by atoms with Crippen LogP contribution in [0.2, 0.25) is 0 Å². The van der Waals surface area contributed by atoms with Crippen molar-refractivity contribution in [2.24, 2.45) is 0 Å². The smallest absolute Gasteiger partial charge is 0.231 e. The molecule has 0 unspecified atom stereocenters. The fraction of sp³-hybridized carbons (Fsp3) is 0.500. The van der Waals surface area contributed by atoms with Crippen molar-refractivity contribution >= 4 is 0 Å². The lowest BCUT2D eigenvalue weighted by molar-refractivity contribution is 0.173. The Morgan fingerprint density at radius 2 is 2.23 bits per heavy atom. The highest BCUT2D eigenvalue weighted by atomic mass is 16.7. The van der Waals surface area contributed by atoms with E-state index in [4.69, 9.17) is 9.47 Å². The van der Waals surface area contributed by atoms with Gasteiger partial charge in [0.15, 0.2) is 11.5 Å². The molecule has 6 nitrogen and oxygen atoms in total. The van der Waals surface area contributed by atoms with E-state index in [2.05, 4.69) is 33.1 Å². The summed E-state index contributed by atoms with van der Waals surface area (Å²) >= 11 is 0. The zero-order chi connectivity index (χ0) is 14.9. The molecule has 1 aromatic carbocycles. The maximum atomic E-state index is 5.55. The van der Waals surface area contributed by atoms with Crippen LogP contribution in [0.3, 0.4) is 0 Å². The first-order valence-electron chi connectivity index (χ1n) is 7.86. The van der Waals surface area contributed by atoms with Gasteiger partial charge in [0.05, 0.1) is 6.04 Å². The van der Waals surface area contributed by atoms with E-state index in [1.54, 1.807) is 0 Å². The minimum Gasteiger partial charge on any atom is -0.454 e. The number of nitrogens with one attached hydrogen (secondary N) is 1. The van der Waals surface area contributed by atoms with Crippen molar-refractivity contribution in [2.75, 3.05) is 6.79 Å². The Hall–Kier alpha value is -2.08. The number of hydrogen-bond acceptors (Lipinski definition) is 5. The van der Waals surface area contributed by atoms with Crippen LogP contribution < -0.4 is 14.8 Å². The predicted molar refractivity (Wildman–Crippen MR) is 80.8 cm³/mol. The molecule has 116 valence electrons. The van der Waals surface area contributed by atoms with Crippen LogP contribution in [0.1, 0.15) is 43.0 Å². The van der Waals surface area contributed by atoms with E-state index in [1.165, 1.54) is 12.8 Å². The van der Waals surface area contributed by atoms with Gasteiger partial charge in [-0.05, 0) is 25.8 Å². The first kappa shape index (κ1) is 13.6. The molecule has 0 bridgehead atoms. The van der Waals surface area contributed by atoms with Crippen LogP contribution in [0, 0.1) is 0 Å². The first-order chi connectivity index (χ1) is 10.8. The molecule has 0 aliphatic carbocycles. The molecule has 0 fully saturated rings. The third-order valence-electron chi connectivity index (χ3n) is 4.35. The monoisotopic (exact) mass is 300 g/mol. The van der Waals surface area contributed by atoms with E-state index in [0.29, 0.717) is 6.79 Å². The highest BCUT2D eigenvalue weighted by Gasteiger charge is 2.21. The molecule has 1 atom stereocenters. The molecule has 0 spiro atoms. The van der Waals surface area contributed by atoms with E-state index in [9.17, 15) is 0 Å². The largest absolute Gasteiger partial charge is 0.454 e. The second kappa shape index (κ2) is 5.61. The lowest BCUT2D eigenvalue weighted by Crippen LogP contribution is -2.23. The lowest BCUT2D eigenvalue weighted by Gasteiger charge is -2.19. The highest BCUT2D eigenvalue weighted by Crippen LogP contribution is 2.35. The number of nitrogens with zero attached hydrogens (tertiary/aromatic N) is 3. The molecule has 1 aromatic heterocycles. The van der Waals surface area contributed by atoms with E-state index in [-0.39, 0.29) is 6.04 Å². The van der Waals surface area contributed by atoms with Gasteiger partial charge in [-0.2, -0.15) is 0 Å². The highest BCUT2D eigenvalue weighted by molar-refractivity contribution is 5.48. The second-order valence-corrected chi connectivity index (χ2v) is 5.84. The molecule has 0 radical (unpaired) electrons. The van der Waals surface area contributed by atoms with Crippen LogP contribution in [0.15, 0.2) is 18.2 Å². The zero-order valence-corrected chi connectivity index (χ0v) is 12.7. The number of aromatic nitrogens is 3. The number of benzene rings is 1. The molecule has 0 saturated heterocycles. The fourth-order valence-electron chi connectivity index (χ4n) is 3.14. The number of para-hydroxylation sites is 1. The van der Waals surface area contributed by atoms with Crippen LogP contribution >= 0.6 is 0 Å². The van der Waals surface area contributed by atoms with Gasteiger partial charge in [0.25, 0.3) is 0 Å². The van der Waals surface area contributed by atoms with E-state index >= 15 is 0 Å². The number of fused-ring (bicyclic) bond motifs is 2. The summed E-state index contributed by atoms with van der Waals surface area (Å²) in [6, 6.07) is 6.14. The molecule has 2 aromatic rings. The lowest BCUT2D eigenvalue weighted by atomic mass is 10.1. The third-order valence-corrected chi connectivity index (χ3v) is 4.35. The molecule has 0 saturated carbocycles. The SMILES string of the molecule is C[C@@H](NCc1cccc2c1OCO2)c1nnc2n1CCCC2. The minimum atomic E-state index is 0.150. The summed E-state index contributed by atoms with van der Waals surface area (Å²) in [5.74, 6) is 3.82. The molecule has 2 aliphatic heterocycles. The topological polar surface area (TPSA) is 61.2 Å². The molecule has 2 aliphatic rings. The number of rotatable bonds is 4. The van der Waals surface area contributed by atoms with E-state index in [0.717, 1.165) is 48.2 Å². The van der Waals surface area contributed by atoms with Gasteiger partial charge < -0.3 is 19.4 Å². The predicted octanol–water partition coefficient (Wildman–Crippen LogP) is 2.19. The van der Waals surface area contributed by atoms with Crippen molar-refractivity contribution in [2.45, 2.75) is 45.3 Å². The van der Waals surface area contributed by atoms with Gasteiger partial charge in [0.2, 0.25) is 6.79 Å². The quantitative estimate of drug-likeness (QED) is 0.938. The van der Waals surface area contributed by atoms with Gasteiger partial charge in [0, 0.05) is 25.1 Å². The second-order valence-electron chi connectivity index (χ2n) is 5.84. The molecule has 3 heterocycles. The van der Waals surface area contributed by atoms with E-state index in [1.807, 2.05) is 12.1 Å². The zero-order valence-electron chi connectivity index (χ0n) is 12.7. The van der Waals surface area contributed by atoms with Gasteiger partial charge in [0.1, 0.15) is 11.6 Å². The average molecular weight is 300 g/mol. The molecule has 1 N–H and O–H groups in total. The molecule has 22 heavy (non-hydrogen) atoms.